The van der Waals surface area contributed by atoms with Gasteiger partial charge in [-0.1, -0.05) is 12.1 Å². The smallest absolute Gasteiger partial charge is 0.231 e. The molecule has 8 heteroatoms. The minimum atomic E-state index is -3.29. The second-order valence-corrected chi connectivity index (χ2v) is 7.88. The molecule has 0 spiro atoms. The van der Waals surface area contributed by atoms with Crippen LogP contribution in [0.3, 0.4) is 0 Å². The number of nitrogens with zero attached hydrogens (tertiary/aromatic N) is 3. The SMILES string of the molecule is COc1ccccc1-c1ccnc(Nc2ccc(N(C)S(C)(=O)=O)cc2)n1. The Kier molecular flexibility index (Phi) is 5.27. The van der Waals surface area contributed by atoms with E-state index in [9.17, 15) is 8.42 Å². The Morgan fingerprint density at radius 1 is 1.04 bits per heavy atom. The molecule has 0 aliphatic carbocycles. The molecule has 1 heterocycles. The highest BCUT2D eigenvalue weighted by molar-refractivity contribution is 7.92. The van der Waals surface area contributed by atoms with Crippen LogP contribution in [0.25, 0.3) is 11.3 Å². The molecule has 0 atom stereocenters. The summed E-state index contributed by atoms with van der Waals surface area (Å²) in [7, 11) is -0.163. The Morgan fingerprint density at radius 2 is 1.74 bits per heavy atom. The van der Waals surface area contributed by atoms with E-state index in [1.807, 2.05) is 30.3 Å². The average molecular weight is 384 g/mol. The molecule has 0 aliphatic heterocycles. The van der Waals surface area contributed by atoms with Gasteiger partial charge < -0.3 is 10.1 Å². The Morgan fingerprint density at radius 3 is 2.41 bits per heavy atom. The number of nitrogens with one attached hydrogen (secondary N) is 1. The van der Waals surface area contributed by atoms with Crippen LogP contribution in [-0.4, -0.2) is 38.8 Å². The predicted octanol–water partition coefficient (Wildman–Crippen LogP) is 3.29. The Bertz CT molecular complexity index is 1040. The van der Waals surface area contributed by atoms with E-state index in [4.69, 9.17) is 4.74 Å². The number of ether oxygens (including phenoxy) is 1. The van der Waals surface area contributed by atoms with Gasteiger partial charge in [0.25, 0.3) is 0 Å². The molecule has 7 nitrogen and oxygen atoms in total. The lowest BCUT2D eigenvalue weighted by Crippen LogP contribution is -2.24. The molecular formula is C19H20N4O3S. The van der Waals surface area contributed by atoms with Gasteiger partial charge in [-0.15, -0.1) is 0 Å². The molecule has 1 aromatic heterocycles. The van der Waals surface area contributed by atoms with Crippen molar-refractivity contribution in [2.24, 2.45) is 0 Å². The zero-order chi connectivity index (χ0) is 19.4. The van der Waals surface area contributed by atoms with E-state index in [1.165, 1.54) is 11.4 Å². The number of benzene rings is 2. The van der Waals surface area contributed by atoms with E-state index in [-0.39, 0.29) is 0 Å². The summed E-state index contributed by atoms with van der Waals surface area (Å²) in [5.74, 6) is 1.16. The molecule has 0 radical (unpaired) electrons. The largest absolute Gasteiger partial charge is 0.496 e. The molecule has 0 aliphatic rings. The molecule has 140 valence electrons. The predicted molar refractivity (Wildman–Crippen MR) is 107 cm³/mol. The van der Waals surface area contributed by atoms with Crippen molar-refractivity contribution in [3.8, 4) is 17.0 Å². The van der Waals surface area contributed by atoms with Crippen LogP contribution in [0.15, 0.2) is 60.8 Å². The van der Waals surface area contributed by atoms with Crippen LogP contribution in [0, 0.1) is 0 Å². The molecule has 0 saturated carbocycles. The fourth-order valence-corrected chi connectivity index (χ4v) is 3.01. The van der Waals surface area contributed by atoms with Crippen LogP contribution < -0.4 is 14.4 Å². The summed E-state index contributed by atoms with van der Waals surface area (Å²) >= 11 is 0. The molecule has 0 amide bonds. The molecule has 27 heavy (non-hydrogen) atoms. The topological polar surface area (TPSA) is 84.4 Å². The number of para-hydroxylation sites is 1. The Hall–Kier alpha value is -3.13. The molecule has 2 aromatic carbocycles. The van der Waals surface area contributed by atoms with Gasteiger partial charge in [-0.3, -0.25) is 4.31 Å². The standard InChI is InChI=1S/C19H20N4O3S/c1-23(27(3,24)25)15-10-8-14(9-11-15)21-19-20-13-12-17(22-19)16-6-4-5-7-18(16)26-2/h4-13H,1-3H3,(H,20,21,22). The first-order valence-electron chi connectivity index (χ1n) is 8.16. The van der Waals surface area contributed by atoms with E-state index in [2.05, 4.69) is 15.3 Å². The van der Waals surface area contributed by atoms with Crippen molar-refractivity contribution in [1.82, 2.24) is 9.97 Å². The highest BCUT2D eigenvalue weighted by atomic mass is 32.2. The zero-order valence-electron chi connectivity index (χ0n) is 15.2. The minimum absolute atomic E-state index is 0.433. The van der Waals surface area contributed by atoms with Gasteiger partial charge in [0.05, 0.1) is 24.7 Å². The second kappa shape index (κ2) is 7.63. The molecule has 0 bridgehead atoms. The van der Waals surface area contributed by atoms with Gasteiger partial charge in [0, 0.05) is 24.5 Å². The minimum Gasteiger partial charge on any atom is -0.496 e. The van der Waals surface area contributed by atoms with Crippen molar-refractivity contribution >= 4 is 27.3 Å². The Balaban J connectivity index is 1.83. The number of sulfonamides is 1. The number of hydrogen-bond donors (Lipinski definition) is 1. The summed E-state index contributed by atoms with van der Waals surface area (Å²) in [6.07, 6.45) is 2.83. The van der Waals surface area contributed by atoms with Gasteiger partial charge >= 0.3 is 0 Å². The van der Waals surface area contributed by atoms with Gasteiger partial charge in [0.2, 0.25) is 16.0 Å². The fraction of sp³-hybridized carbons (Fsp3) is 0.158. The molecule has 0 fully saturated rings. The highest BCUT2D eigenvalue weighted by Crippen LogP contribution is 2.28. The Labute approximate surface area is 158 Å². The van der Waals surface area contributed by atoms with Crippen molar-refractivity contribution in [1.29, 1.82) is 0 Å². The van der Waals surface area contributed by atoms with Gasteiger partial charge in [-0.2, -0.15) is 0 Å². The van der Waals surface area contributed by atoms with E-state index >= 15 is 0 Å². The maximum absolute atomic E-state index is 11.6. The first-order valence-corrected chi connectivity index (χ1v) is 10.0. The molecule has 0 unspecified atom stereocenters. The monoisotopic (exact) mass is 384 g/mol. The molecule has 3 rings (SSSR count). The zero-order valence-corrected chi connectivity index (χ0v) is 16.1. The van der Waals surface area contributed by atoms with Gasteiger partial charge in [-0.25, -0.2) is 18.4 Å². The van der Waals surface area contributed by atoms with Gasteiger partial charge in [-0.05, 0) is 42.5 Å². The van der Waals surface area contributed by atoms with E-state index in [1.54, 1.807) is 37.6 Å². The first-order chi connectivity index (χ1) is 12.9. The number of aromatic nitrogens is 2. The van der Waals surface area contributed by atoms with Gasteiger partial charge in [0.15, 0.2) is 0 Å². The van der Waals surface area contributed by atoms with E-state index in [0.717, 1.165) is 29.0 Å². The third-order valence-corrected chi connectivity index (χ3v) is 5.23. The van der Waals surface area contributed by atoms with Crippen molar-refractivity contribution in [3.63, 3.8) is 0 Å². The van der Waals surface area contributed by atoms with Crippen LogP contribution >= 0.6 is 0 Å². The number of methoxy groups -OCH3 is 1. The van der Waals surface area contributed by atoms with Crippen molar-refractivity contribution in [2.45, 2.75) is 0 Å². The molecule has 3 aromatic rings. The summed E-state index contributed by atoms with van der Waals surface area (Å²) in [5.41, 5.74) is 2.93. The lowest BCUT2D eigenvalue weighted by atomic mass is 10.1. The van der Waals surface area contributed by atoms with Gasteiger partial charge in [0.1, 0.15) is 5.75 Å². The summed E-state index contributed by atoms with van der Waals surface area (Å²) in [6.45, 7) is 0. The van der Waals surface area contributed by atoms with Crippen molar-refractivity contribution in [3.05, 3.63) is 60.8 Å². The first kappa shape index (κ1) is 18.7. The maximum atomic E-state index is 11.6. The van der Waals surface area contributed by atoms with Crippen molar-refractivity contribution in [2.75, 3.05) is 30.0 Å². The van der Waals surface area contributed by atoms with Crippen LogP contribution in [0.4, 0.5) is 17.3 Å². The number of rotatable bonds is 6. The fourth-order valence-electron chi connectivity index (χ4n) is 2.50. The lowest BCUT2D eigenvalue weighted by molar-refractivity contribution is 0.416. The highest BCUT2D eigenvalue weighted by Gasteiger charge is 2.12. The average Bonchev–Trinajstić information content (AvgIpc) is 2.67. The maximum Gasteiger partial charge on any atom is 0.231 e. The molecule has 0 saturated heterocycles. The van der Waals surface area contributed by atoms with Crippen LogP contribution in [0.5, 0.6) is 5.75 Å². The number of anilines is 3. The molecule has 1 N–H and O–H groups in total. The lowest BCUT2D eigenvalue weighted by Gasteiger charge is -2.17. The normalized spacial score (nSPS) is 11.1. The van der Waals surface area contributed by atoms with Crippen molar-refractivity contribution < 1.29 is 13.2 Å². The summed E-state index contributed by atoms with van der Waals surface area (Å²) in [4.78, 5) is 8.78. The number of hydrogen-bond acceptors (Lipinski definition) is 6. The third-order valence-electron chi connectivity index (χ3n) is 4.02. The molecular weight excluding hydrogens is 364 g/mol. The summed E-state index contributed by atoms with van der Waals surface area (Å²) in [5, 5.41) is 3.13. The summed E-state index contributed by atoms with van der Waals surface area (Å²) in [6, 6.07) is 16.4. The second-order valence-electron chi connectivity index (χ2n) is 5.87. The van der Waals surface area contributed by atoms with Crippen LogP contribution in [0.1, 0.15) is 0 Å². The summed E-state index contributed by atoms with van der Waals surface area (Å²) < 4.78 is 29.8. The van der Waals surface area contributed by atoms with E-state index in [0.29, 0.717) is 11.6 Å². The van der Waals surface area contributed by atoms with E-state index < -0.39 is 10.0 Å². The third kappa shape index (κ3) is 4.35. The van der Waals surface area contributed by atoms with Crippen LogP contribution in [0.2, 0.25) is 0 Å². The quantitative estimate of drug-likeness (QED) is 0.702. The van der Waals surface area contributed by atoms with Crippen LogP contribution in [-0.2, 0) is 10.0 Å².